The molecular formula is C26H31N3O2. The molecule has 0 heterocycles. The number of amides is 2. The molecule has 2 amide bonds. The molecule has 2 unspecified atom stereocenters. The lowest BCUT2D eigenvalue weighted by Crippen LogP contribution is -2.65. The lowest BCUT2D eigenvalue weighted by Gasteiger charge is -2.62. The first-order valence-corrected chi connectivity index (χ1v) is 11.3. The van der Waals surface area contributed by atoms with Crippen LogP contribution in [-0.2, 0) is 5.41 Å². The van der Waals surface area contributed by atoms with Crippen molar-refractivity contribution in [1.29, 1.82) is 0 Å². The van der Waals surface area contributed by atoms with Crippen molar-refractivity contribution in [2.45, 2.75) is 56.4 Å². The molecule has 4 fully saturated rings. The predicted molar refractivity (Wildman–Crippen MR) is 123 cm³/mol. The number of carbonyl (C=O) groups excluding carboxylic acids is 1. The molecule has 0 radical (unpaired) electrons. The van der Waals surface area contributed by atoms with E-state index >= 15 is 0 Å². The summed E-state index contributed by atoms with van der Waals surface area (Å²) in [5, 5.41) is 7.50. The van der Waals surface area contributed by atoms with Crippen molar-refractivity contribution in [3.63, 3.8) is 0 Å². The van der Waals surface area contributed by atoms with Gasteiger partial charge in [0.05, 0.1) is 13.3 Å². The molecule has 5 heteroatoms. The highest BCUT2D eigenvalue weighted by Crippen LogP contribution is 2.62. The lowest BCUT2D eigenvalue weighted by molar-refractivity contribution is -0.0349. The second-order valence-corrected chi connectivity index (χ2v) is 9.98. The first-order chi connectivity index (χ1) is 15.0. The molecule has 0 aromatic heterocycles. The molecule has 162 valence electrons. The van der Waals surface area contributed by atoms with E-state index in [2.05, 4.69) is 47.0 Å². The average molecular weight is 418 g/mol. The van der Waals surface area contributed by atoms with Gasteiger partial charge in [0, 0.05) is 5.54 Å². The Balaban J connectivity index is 1.28. The minimum Gasteiger partial charge on any atom is -0.497 e. The lowest BCUT2D eigenvalue weighted by atomic mass is 9.45. The monoisotopic (exact) mass is 417 g/mol. The maximum atomic E-state index is 12.7. The molecule has 4 aliphatic carbocycles. The second-order valence-electron chi connectivity index (χ2n) is 9.98. The van der Waals surface area contributed by atoms with Gasteiger partial charge in [-0.05, 0) is 98.1 Å². The number of benzene rings is 2. The van der Waals surface area contributed by atoms with E-state index in [1.807, 2.05) is 24.3 Å². The van der Waals surface area contributed by atoms with Crippen LogP contribution in [0.1, 0.15) is 55.2 Å². The third kappa shape index (κ3) is 3.93. The molecule has 2 aromatic rings. The Kier molecular flexibility index (Phi) is 4.99. The number of hydrogen-bond acceptors (Lipinski definition) is 3. The zero-order chi connectivity index (χ0) is 21.5. The smallest absolute Gasteiger partial charge is 0.335 e. The number of hydrogen-bond donors (Lipinski definition) is 2. The Morgan fingerprint density at radius 3 is 2.35 bits per heavy atom. The summed E-state index contributed by atoms with van der Waals surface area (Å²) >= 11 is 0. The van der Waals surface area contributed by atoms with Crippen molar-refractivity contribution in [2.24, 2.45) is 16.9 Å². The molecule has 4 aliphatic rings. The number of rotatable bonds is 5. The number of hydrazone groups is 1. The second kappa shape index (κ2) is 7.70. The summed E-state index contributed by atoms with van der Waals surface area (Å²) in [6.07, 6.45) is 8.70. The molecule has 6 rings (SSSR count). The third-order valence-electron chi connectivity index (χ3n) is 7.60. The standard InChI is InChI=1S/C26H31N3O2/c1-18-3-7-22(8-4-18)25-12-20-11-21(13-25)15-26(14-20,17-25)28-24(30)29-27-16-19-5-9-23(31-2)10-6-19/h3-10,16,20-21H,11-15,17H2,1-2H3,(H2,28,29,30)/b27-16-/t20-,21+,25?,26?. The fraction of sp³-hybridized carbons (Fsp3) is 0.462. The molecule has 0 aliphatic heterocycles. The zero-order valence-corrected chi connectivity index (χ0v) is 18.4. The largest absolute Gasteiger partial charge is 0.497 e. The summed E-state index contributed by atoms with van der Waals surface area (Å²) in [4.78, 5) is 12.7. The number of aryl methyl sites for hydroxylation is 1. The van der Waals surface area contributed by atoms with E-state index in [4.69, 9.17) is 4.74 Å². The highest BCUT2D eigenvalue weighted by Gasteiger charge is 2.58. The van der Waals surface area contributed by atoms with Crippen LogP contribution in [0.25, 0.3) is 0 Å². The maximum absolute atomic E-state index is 12.7. The Morgan fingerprint density at radius 1 is 1.03 bits per heavy atom. The minimum absolute atomic E-state index is 0.116. The third-order valence-corrected chi connectivity index (χ3v) is 7.60. The molecule has 0 spiro atoms. The van der Waals surface area contributed by atoms with E-state index in [1.165, 1.54) is 30.4 Å². The van der Waals surface area contributed by atoms with Crippen molar-refractivity contribution in [3.8, 4) is 5.75 Å². The van der Waals surface area contributed by atoms with Crippen molar-refractivity contribution in [1.82, 2.24) is 10.7 Å². The van der Waals surface area contributed by atoms with Gasteiger partial charge in [0.2, 0.25) is 0 Å². The Bertz CT molecular complexity index is 967. The Hall–Kier alpha value is -2.82. The normalized spacial score (nSPS) is 31.0. The molecule has 4 saturated carbocycles. The first-order valence-electron chi connectivity index (χ1n) is 11.3. The quantitative estimate of drug-likeness (QED) is 0.535. The predicted octanol–water partition coefficient (Wildman–Crippen LogP) is 4.93. The molecule has 0 saturated heterocycles. The minimum atomic E-state index is -0.203. The molecule has 2 N–H and O–H groups in total. The molecule has 2 aromatic carbocycles. The van der Waals surface area contributed by atoms with Crippen LogP contribution in [0, 0.1) is 18.8 Å². The highest BCUT2D eigenvalue weighted by molar-refractivity contribution is 5.82. The number of urea groups is 1. The summed E-state index contributed by atoms with van der Waals surface area (Å²) in [6.45, 7) is 2.14. The molecule has 5 nitrogen and oxygen atoms in total. The summed E-state index contributed by atoms with van der Waals surface area (Å²) < 4.78 is 5.17. The van der Waals surface area contributed by atoms with Gasteiger partial charge < -0.3 is 10.1 Å². The number of ether oxygens (including phenoxy) is 1. The zero-order valence-electron chi connectivity index (χ0n) is 18.4. The fourth-order valence-electron chi connectivity index (χ4n) is 6.78. The number of carbonyl (C=O) groups is 1. The van der Waals surface area contributed by atoms with Crippen LogP contribution in [0.4, 0.5) is 4.79 Å². The van der Waals surface area contributed by atoms with Crippen molar-refractivity contribution >= 4 is 12.2 Å². The van der Waals surface area contributed by atoms with Gasteiger partial charge in [-0.2, -0.15) is 5.10 Å². The Morgan fingerprint density at radius 2 is 1.71 bits per heavy atom. The van der Waals surface area contributed by atoms with E-state index in [-0.39, 0.29) is 17.0 Å². The summed E-state index contributed by atoms with van der Waals surface area (Å²) in [7, 11) is 1.64. The number of nitrogens with zero attached hydrogens (tertiary/aromatic N) is 1. The summed E-state index contributed by atoms with van der Waals surface area (Å²) in [5.74, 6) is 2.20. The number of methoxy groups -OCH3 is 1. The van der Waals surface area contributed by atoms with Crippen molar-refractivity contribution in [2.75, 3.05) is 7.11 Å². The average Bonchev–Trinajstić information content (AvgIpc) is 2.73. The van der Waals surface area contributed by atoms with Crippen LogP contribution in [0.2, 0.25) is 0 Å². The van der Waals surface area contributed by atoms with E-state index < -0.39 is 0 Å². The van der Waals surface area contributed by atoms with Gasteiger partial charge in [-0.25, -0.2) is 10.2 Å². The number of nitrogens with one attached hydrogen (secondary N) is 2. The summed E-state index contributed by atoms with van der Waals surface area (Å²) in [6, 6.07) is 16.5. The van der Waals surface area contributed by atoms with Crippen molar-refractivity contribution in [3.05, 3.63) is 65.2 Å². The van der Waals surface area contributed by atoms with Crippen LogP contribution < -0.4 is 15.5 Å². The van der Waals surface area contributed by atoms with E-state index in [9.17, 15) is 4.79 Å². The SMILES string of the molecule is COc1ccc(/C=N\NC(=O)NC23C[C@H]4C[C@@H](C2)CC(c2ccc(C)cc2)(C4)C3)cc1. The Labute approximate surface area is 184 Å². The van der Waals surface area contributed by atoms with Crippen LogP contribution in [0.15, 0.2) is 53.6 Å². The van der Waals surface area contributed by atoms with Crippen LogP contribution in [-0.4, -0.2) is 24.9 Å². The van der Waals surface area contributed by atoms with Crippen LogP contribution in [0.3, 0.4) is 0 Å². The van der Waals surface area contributed by atoms with E-state index in [0.29, 0.717) is 11.8 Å². The fourth-order valence-corrected chi connectivity index (χ4v) is 6.78. The van der Waals surface area contributed by atoms with Crippen LogP contribution in [0.5, 0.6) is 5.75 Å². The highest BCUT2D eigenvalue weighted by atomic mass is 16.5. The van der Waals surface area contributed by atoms with Gasteiger partial charge in [0.15, 0.2) is 0 Å². The van der Waals surface area contributed by atoms with E-state index in [1.54, 1.807) is 13.3 Å². The molecule has 4 atom stereocenters. The topological polar surface area (TPSA) is 62.7 Å². The first kappa shape index (κ1) is 20.1. The van der Waals surface area contributed by atoms with Gasteiger partial charge in [-0.3, -0.25) is 0 Å². The van der Waals surface area contributed by atoms with Crippen molar-refractivity contribution < 1.29 is 9.53 Å². The van der Waals surface area contributed by atoms with E-state index in [0.717, 1.165) is 30.6 Å². The molecular weight excluding hydrogens is 386 g/mol. The maximum Gasteiger partial charge on any atom is 0.335 e. The van der Waals surface area contributed by atoms with Gasteiger partial charge in [0.1, 0.15) is 5.75 Å². The molecule has 31 heavy (non-hydrogen) atoms. The molecule has 4 bridgehead atoms. The van der Waals surface area contributed by atoms with Gasteiger partial charge in [-0.1, -0.05) is 29.8 Å². The van der Waals surface area contributed by atoms with Gasteiger partial charge in [-0.15, -0.1) is 0 Å². The summed E-state index contributed by atoms with van der Waals surface area (Å²) in [5.41, 5.74) is 6.44. The van der Waals surface area contributed by atoms with Crippen LogP contribution >= 0.6 is 0 Å². The van der Waals surface area contributed by atoms with Gasteiger partial charge in [0.25, 0.3) is 0 Å². The van der Waals surface area contributed by atoms with Gasteiger partial charge >= 0.3 is 6.03 Å².